The summed E-state index contributed by atoms with van der Waals surface area (Å²) in [5.74, 6) is 0.110. The molecule has 1 N–H and O–H groups in total. The van der Waals surface area contributed by atoms with Gasteiger partial charge in [0.05, 0.1) is 4.90 Å². The van der Waals surface area contributed by atoms with Gasteiger partial charge in [-0.15, -0.1) is 0 Å². The monoisotopic (exact) mass is 404 g/mol. The Morgan fingerprint density at radius 3 is 2.33 bits per heavy atom. The van der Waals surface area contributed by atoms with Gasteiger partial charge in [-0.25, -0.2) is 8.42 Å². The lowest BCUT2D eigenvalue weighted by Crippen LogP contribution is -2.44. The standard InChI is InChI=1S/C18H23F3N2O3S/c19-18(20,21)12-22-17(24)14-5-7-16(8-6-14)27(25,26)23-10-9-13-3-1-2-4-15(13)11-23/h5-8,13,15H,1-4,9-12H2,(H,22,24)/t13-,15-/m1/s1. The maximum Gasteiger partial charge on any atom is 0.405 e. The maximum atomic E-state index is 12.9. The summed E-state index contributed by atoms with van der Waals surface area (Å²) < 4.78 is 63.8. The molecule has 0 radical (unpaired) electrons. The Balaban J connectivity index is 1.67. The van der Waals surface area contributed by atoms with E-state index in [1.165, 1.54) is 41.4 Å². The third-order valence-electron chi connectivity index (χ3n) is 5.46. The highest BCUT2D eigenvalue weighted by molar-refractivity contribution is 7.89. The van der Waals surface area contributed by atoms with Crippen LogP contribution in [-0.4, -0.2) is 44.4 Å². The molecule has 2 aliphatic rings. The van der Waals surface area contributed by atoms with Gasteiger partial charge in [-0.3, -0.25) is 4.79 Å². The second-order valence-corrected chi connectivity index (χ2v) is 9.22. The van der Waals surface area contributed by atoms with E-state index in [0.717, 1.165) is 19.3 Å². The van der Waals surface area contributed by atoms with Crippen LogP contribution in [0.25, 0.3) is 0 Å². The van der Waals surface area contributed by atoms with Crippen molar-refractivity contribution in [1.29, 1.82) is 0 Å². The van der Waals surface area contributed by atoms with Gasteiger partial charge in [-0.1, -0.05) is 19.3 Å². The van der Waals surface area contributed by atoms with Crippen molar-refractivity contribution in [1.82, 2.24) is 9.62 Å². The smallest absolute Gasteiger partial charge is 0.343 e. The lowest BCUT2D eigenvalue weighted by molar-refractivity contribution is -0.123. The van der Waals surface area contributed by atoms with E-state index in [-0.39, 0.29) is 10.5 Å². The summed E-state index contributed by atoms with van der Waals surface area (Å²) >= 11 is 0. The van der Waals surface area contributed by atoms with Crippen LogP contribution in [0.5, 0.6) is 0 Å². The summed E-state index contributed by atoms with van der Waals surface area (Å²) in [6.45, 7) is -0.430. The number of rotatable bonds is 4. The van der Waals surface area contributed by atoms with Gasteiger partial charge in [0.25, 0.3) is 5.91 Å². The van der Waals surface area contributed by atoms with Crippen LogP contribution in [0.15, 0.2) is 29.2 Å². The molecule has 1 aliphatic carbocycles. The van der Waals surface area contributed by atoms with E-state index < -0.39 is 28.7 Å². The molecule has 2 atom stereocenters. The predicted octanol–water partition coefficient (Wildman–Crippen LogP) is 3.18. The molecule has 0 spiro atoms. The van der Waals surface area contributed by atoms with E-state index in [2.05, 4.69) is 0 Å². The van der Waals surface area contributed by atoms with Crippen molar-refractivity contribution in [3.63, 3.8) is 0 Å². The second-order valence-electron chi connectivity index (χ2n) is 7.28. The van der Waals surface area contributed by atoms with E-state index in [1.807, 2.05) is 0 Å². The number of carbonyl (C=O) groups is 1. The van der Waals surface area contributed by atoms with Gasteiger partial charge in [0.15, 0.2) is 0 Å². The topological polar surface area (TPSA) is 66.5 Å². The second kappa shape index (κ2) is 7.79. The van der Waals surface area contributed by atoms with Gasteiger partial charge < -0.3 is 5.32 Å². The van der Waals surface area contributed by atoms with E-state index in [9.17, 15) is 26.4 Å². The number of benzene rings is 1. The van der Waals surface area contributed by atoms with Gasteiger partial charge in [-0.05, 0) is 48.9 Å². The Bertz CT molecular complexity index is 778. The molecule has 3 rings (SSSR count). The van der Waals surface area contributed by atoms with Crippen LogP contribution in [0.4, 0.5) is 13.2 Å². The number of alkyl halides is 3. The molecule has 1 saturated carbocycles. The Morgan fingerprint density at radius 2 is 1.70 bits per heavy atom. The molecule has 1 aromatic rings. The summed E-state index contributed by atoms with van der Waals surface area (Å²) in [7, 11) is -3.67. The van der Waals surface area contributed by atoms with Crippen molar-refractivity contribution < 1.29 is 26.4 Å². The number of sulfonamides is 1. The molecule has 1 aliphatic heterocycles. The quantitative estimate of drug-likeness (QED) is 0.838. The summed E-state index contributed by atoms with van der Waals surface area (Å²) in [5.41, 5.74) is -0.0100. The number of amides is 1. The first-order valence-electron chi connectivity index (χ1n) is 9.12. The molecule has 0 aromatic heterocycles. The average molecular weight is 404 g/mol. The minimum absolute atomic E-state index is 0.0100. The summed E-state index contributed by atoms with van der Waals surface area (Å²) in [5, 5.41) is 1.77. The fraction of sp³-hybridized carbons (Fsp3) is 0.611. The van der Waals surface area contributed by atoms with Gasteiger partial charge >= 0.3 is 6.18 Å². The van der Waals surface area contributed by atoms with Crippen molar-refractivity contribution in [2.75, 3.05) is 19.6 Å². The lowest BCUT2D eigenvalue weighted by atomic mass is 9.76. The molecular weight excluding hydrogens is 381 g/mol. The number of hydrogen-bond donors (Lipinski definition) is 1. The van der Waals surface area contributed by atoms with Crippen LogP contribution in [0.2, 0.25) is 0 Å². The minimum atomic E-state index is -4.50. The minimum Gasteiger partial charge on any atom is -0.343 e. The average Bonchev–Trinajstić information content (AvgIpc) is 2.65. The molecule has 2 fully saturated rings. The third-order valence-corrected chi connectivity index (χ3v) is 7.34. The van der Waals surface area contributed by atoms with Gasteiger partial charge in [-0.2, -0.15) is 17.5 Å². The van der Waals surface area contributed by atoms with E-state index in [4.69, 9.17) is 0 Å². The number of piperidine rings is 1. The molecule has 1 amide bonds. The normalized spacial score (nSPS) is 24.3. The highest BCUT2D eigenvalue weighted by Crippen LogP contribution is 2.37. The Morgan fingerprint density at radius 1 is 1.07 bits per heavy atom. The number of nitrogens with one attached hydrogen (secondary N) is 1. The van der Waals surface area contributed by atoms with Crippen molar-refractivity contribution in [3.05, 3.63) is 29.8 Å². The first kappa shape index (κ1) is 20.1. The number of fused-ring (bicyclic) bond motifs is 1. The molecule has 150 valence electrons. The molecule has 9 heteroatoms. The Kier molecular flexibility index (Phi) is 5.81. The zero-order valence-electron chi connectivity index (χ0n) is 14.8. The molecule has 27 heavy (non-hydrogen) atoms. The van der Waals surface area contributed by atoms with Crippen LogP contribution >= 0.6 is 0 Å². The highest BCUT2D eigenvalue weighted by atomic mass is 32.2. The van der Waals surface area contributed by atoms with Crippen molar-refractivity contribution in [2.24, 2.45) is 11.8 Å². The fourth-order valence-electron chi connectivity index (χ4n) is 4.00. The molecule has 1 aromatic carbocycles. The van der Waals surface area contributed by atoms with Crippen LogP contribution in [-0.2, 0) is 10.0 Å². The van der Waals surface area contributed by atoms with Crippen molar-refractivity contribution in [2.45, 2.75) is 43.2 Å². The van der Waals surface area contributed by atoms with Crippen molar-refractivity contribution in [3.8, 4) is 0 Å². The molecular formula is C18H23F3N2O3S. The molecule has 0 unspecified atom stereocenters. The van der Waals surface area contributed by atoms with Crippen LogP contribution < -0.4 is 5.32 Å². The highest BCUT2D eigenvalue weighted by Gasteiger charge is 2.36. The maximum absolute atomic E-state index is 12.9. The zero-order chi connectivity index (χ0) is 19.7. The lowest BCUT2D eigenvalue weighted by Gasteiger charge is -2.40. The molecule has 0 bridgehead atoms. The first-order chi connectivity index (χ1) is 12.7. The third kappa shape index (κ3) is 4.82. The van der Waals surface area contributed by atoms with E-state index >= 15 is 0 Å². The van der Waals surface area contributed by atoms with Crippen LogP contribution in [0.3, 0.4) is 0 Å². The number of hydrogen-bond acceptors (Lipinski definition) is 3. The van der Waals surface area contributed by atoms with Gasteiger partial charge in [0, 0.05) is 18.7 Å². The number of halogens is 3. The van der Waals surface area contributed by atoms with E-state index in [1.54, 1.807) is 5.32 Å². The fourth-order valence-corrected chi connectivity index (χ4v) is 5.51. The van der Waals surface area contributed by atoms with Crippen molar-refractivity contribution >= 4 is 15.9 Å². The Hall–Kier alpha value is -1.61. The summed E-state index contributed by atoms with van der Waals surface area (Å²) in [6.07, 6.45) is 0.934. The molecule has 1 heterocycles. The molecule has 1 saturated heterocycles. The first-order valence-corrected chi connectivity index (χ1v) is 10.6. The number of nitrogens with zero attached hydrogens (tertiary/aromatic N) is 1. The molecule has 5 nitrogen and oxygen atoms in total. The summed E-state index contributed by atoms with van der Waals surface area (Å²) in [4.78, 5) is 11.8. The zero-order valence-corrected chi connectivity index (χ0v) is 15.7. The number of carbonyl (C=O) groups excluding carboxylic acids is 1. The van der Waals surface area contributed by atoms with Crippen LogP contribution in [0.1, 0.15) is 42.5 Å². The predicted molar refractivity (Wildman–Crippen MR) is 93.7 cm³/mol. The van der Waals surface area contributed by atoms with Crippen LogP contribution in [0, 0.1) is 11.8 Å². The SMILES string of the molecule is O=C(NCC(F)(F)F)c1ccc(S(=O)(=O)N2CC[C@H]3CCCC[C@@H]3C2)cc1. The Labute approximate surface area is 157 Å². The summed E-state index contributed by atoms with van der Waals surface area (Å²) in [6, 6.07) is 5.05. The van der Waals surface area contributed by atoms with E-state index in [0.29, 0.717) is 24.9 Å². The van der Waals surface area contributed by atoms with Gasteiger partial charge in [0.1, 0.15) is 6.54 Å². The largest absolute Gasteiger partial charge is 0.405 e. The van der Waals surface area contributed by atoms with Gasteiger partial charge in [0.2, 0.25) is 10.0 Å².